The van der Waals surface area contributed by atoms with E-state index in [-0.39, 0.29) is 5.91 Å². The summed E-state index contributed by atoms with van der Waals surface area (Å²) in [6.07, 6.45) is 1.55. The van der Waals surface area contributed by atoms with Crippen molar-refractivity contribution in [3.05, 3.63) is 51.8 Å². The number of aryl methyl sites for hydroxylation is 1. The highest BCUT2D eigenvalue weighted by molar-refractivity contribution is 9.10. The van der Waals surface area contributed by atoms with E-state index >= 15 is 0 Å². The van der Waals surface area contributed by atoms with Gasteiger partial charge < -0.3 is 9.84 Å². The third-order valence-electron chi connectivity index (χ3n) is 2.33. The molecule has 0 aliphatic heterocycles. The highest BCUT2D eigenvalue weighted by Gasteiger charge is 2.07. The zero-order valence-corrected chi connectivity index (χ0v) is 10.8. The van der Waals surface area contributed by atoms with Gasteiger partial charge in [-0.15, -0.1) is 0 Å². The van der Waals surface area contributed by atoms with Crippen LogP contribution < -0.4 is 5.32 Å². The lowest BCUT2D eigenvalue weighted by molar-refractivity contribution is 0.0947. The summed E-state index contributed by atoms with van der Waals surface area (Å²) in [6, 6.07) is 7.18. The summed E-state index contributed by atoms with van der Waals surface area (Å²) in [7, 11) is 0. The maximum Gasteiger partial charge on any atom is 0.251 e. The van der Waals surface area contributed by atoms with Gasteiger partial charge in [0.25, 0.3) is 5.91 Å². The first-order chi connectivity index (χ1) is 8.16. The molecule has 0 radical (unpaired) electrons. The monoisotopic (exact) mass is 294 g/mol. The van der Waals surface area contributed by atoms with Crippen LogP contribution >= 0.6 is 15.9 Å². The predicted molar refractivity (Wildman–Crippen MR) is 66.6 cm³/mol. The zero-order valence-electron chi connectivity index (χ0n) is 9.24. The van der Waals surface area contributed by atoms with Crippen molar-refractivity contribution in [3.63, 3.8) is 0 Å². The van der Waals surface area contributed by atoms with Crippen LogP contribution in [0.3, 0.4) is 0 Å². The lowest BCUT2D eigenvalue weighted by Crippen LogP contribution is -2.22. The standard InChI is InChI=1S/C12H11BrN2O2/c1-8-6-9(2-3-11(8)13)12(16)14-7-10-4-5-15-17-10/h2-6H,7H2,1H3,(H,14,16). The van der Waals surface area contributed by atoms with Crippen molar-refractivity contribution < 1.29 is 9.32 Å². The van der Waals surface area contributed by atoms with Crippen molar-refractivity contribution in [2.75, 3.05) is 0 Å². The number of nitrogens with one attached hydrogen (secondary N) is 1. The second-order valence-corrected chi connectivity index (χ2v) is 4.48. The van der Waals surface area contributed by atoms with E-state index in [0.717, 1.165) is 10.0 Å². The molecule has 0 fully saturated rings. The molecule has 1 aromatic heterocycles. The lowest BCUT2D eigenvalue weighted by Gasteiger charge is -2.05. The summed E-state index contributed by atoms with van der Waals surface area (Å²) in [5.41, 5.74) is 1.66. The number of halogens is 1. The van der Waals surface area contributed by atoms with Gasteiger partial charge in [0.05, 0.1) is 12.7 Å². The molecule has 0 atom stereocenters. The Hall–Kier alpha value is -1.62. The number of hydrogen-bond acceptors (Lipinski definition) is 3. The van der Waals surface area contributed by atoms with Crippen molar-refractivity contribution in [3.8, 4) is 0 Å². The van der Waals surface area contributed by atoms with Gasteiger partial charge in [-0.25, -0.2) is 0 Å². The third-order valence-corrected chi connectivity index (χ3v) is 3.22. The number of aromatic nitrogens is 1. The van der Waals surface area contributed by atoms with Crippen molar-refractivity contribution in [2.24, 2.45) is 0 Å². The number of benzene rings is 1. The van der Waals surface area contributed by atoms with E-state index in [2.05, 4.69) is 26.4 Å². The van der Waals surface area contributed by atoms with Gasteiger partial charge in [0.2, 0.25) is 0 Å². The highest BCUT2D eigenvalue weighted by atomic mass is 79.9. The summed E-state index contributed by atoms with van der Waals surface area (Å²) in [6.45, 7) is 2.28. The van der Waals surface area contributed by atoms with E-state index in [1.54, 1.807) is 18.3 Å². The van der Waals surface area contributed by atoms with Gasteiger partial charge in [-0.1, -0.05) is 21.1 Å². The molecule has 1 aromatic carbocycles. The molecule has 5 heteroatoms. The SMILES string of the molecule is Cc1cc(C(=O)NCc2ccno2)ccc1Br. The lowest BCUT2D eigenvalue weighted by atomic mass is 10.1. The minimum atomic E-state index is -0.128. The molecule has 0 aliphatic carbocycles. The molecule has 0 aliphatic rings. The molecule has 17 heavy (non-hydrogen) atoms. The van der Waals surface area contributed by atoms with Crippen LogP contribution in [0.5, 0.6) is 0 Å². The minimum Gasteiger partial charge on any atom is -0.360 e. The van der Waals surface area contributed by atoms with Crippen LogP contribution in [0.2, 0.25) is 0 Å². The van der Waals surface area contributed by atoms with Crippen molar-refractivity contribution in [2.45, 2.75) is 13.5 Å². The molecule has 0 bridgehead atoms. The van der Waals surface area contributed by atoms with Gasteiger partial charge in [0.15, 0.2) is 5.76 Å². The number of rotatable bonds is 3. The Morgan fingerprint density at radius 1 is 1.47 bits per heavy atom. The van der Waals surface area contributed by atoms with Gasteiger partial charge >= 0.3 is 0 Å². The third kappa shape index (κ3) is 2.94. The summed E-state index contributed by atoms with van der Waals surface area (Å²) in [5.74, 6) is 0.504. The van der Waals surface area contributed by atoms with Gasteiger partial charge in [-0.2, -0.15) is 0 Å². The van der Waals surface area contributed by atoms with Gasteiger partial charge in [0.1, 0.15) is 0 Å². The Morgan fingerprint density at radius 2 is 2.29 bits per heavy atom. The molecular formula is C12H11BrN2O2. The van der Waals surface area contributed by atoms with E-state index in [0.29, 0.717) is 17.9 Å². The fraction of sp³-hybridized carbons (Fsp3) is 0.167. The second kappa shape index (κ2) is 5.14. The van der Waals surface area contributed by atoms with Gasteiger partial charge in [-0.05, 0) is 30.7 Å². The van der Waals surface area contributed by atoms with E-state index in [4.69, 9.17) is 4.52 Å². The number of carbonyl (C=O) groups excluding carboxylic acids is 1. The fourth-order valence-corrected chi connectivity index (χ4v) is 1.64. The zero-order chi connectivity index (χ0) is 12.3. The quantitative estimate of drug-likeness (QED) is 0.947. The second-order valence-electron chi connectivity index (χ2n) is 3.63. The molecule has 0 saturated heterocycles. The maximum atomic E-state index is 11.8. The normalized spacial score (nSPS) is 10.2. The molecule has 0 saturated carbocycles. The molecule has 4 nitrogen and oxygen atoms in total. The fourth-order valence-electron chi connectivity index (χ4n) is 1.39. The Labute approximate surface area is 107 Å². The van der Waals surface area contributed by atoms with Gasteiger partial charge in [-0.3, -0.25) is 4.79 Å². The van der Waals surface area contributed by atoms with Crippen LogP contribution in [0.15, 0.2) is 39.5 Å². The first kappa shape index (κ1) is 11.9. The average molecular weight is 295 g/mol. The van der Waals surface area contributed by atoms with Crippen molar-refractivity contribution >= 4 is 21.8 Å². The summed E-state index contributed by atoms with van der Waals surface area (Å²) < 4.78 is 5.88. The number of nitrogens with zero attached hydrogens (tertiary/aromatic N) is 1. The first-order valence-electron chi connectivity index (χ1n) is 5.11. The van der Waals surface area contributed by atoms with E-state index in [1.165, 1.54) is 0 Å². The summed E-state index contributed by atoms with van der Waals surface area (Å²) in [5, 5.41) is 6.33. The van der Waals surface area contributed by atoms with E-state index in [9.17, 15) is 4.79 Å². The average Bonchev–Trinajstić information content (AvgIpc) is 2.82. The molecule has 88 valence electrons. The van der Waals surface area contributed by atoms with Crippen LogP contribution in [0, 0.1) is 6.92 Å². The van der Waals surface area contributed by atoms with Crippen LogP contribution in [0.25, 0.3) is 0 Å². The Balaban J connectivity index is 2.02. The molecule has 2 rings (SSSR count). The Bertz CT molecular complexity index is 523. The molecule has 0 unspecified atom stereocenters. The molecule has 2 aromatic rings. The molecule has 1 heterocycles. The molecule has 1 amide bonds. The van der Waals surface area contributed by atoms with Crippen LogP contribution in [-0.2, 0) is 6.54 Å². The Morgan fingerprint density at radius 3 is 2.94 bits per heavy atom. The van der Waals surface area contributed by atoms with Crippen LogP contribution in [0.1, 0.15) is 21.7 Å². The van der Waals surface area contributed by atoms with Gasteiger partial charge in [0, 0.05) is 16.1 Å². The van der Waals surface area contributed by atoms with Crippen LogP contribution in [-0.4, -0.2) is 11.1 Å². The maximum absolute atomic E-state index is 11.8. The number of amides is 1. The van der Waals surface area contributed by atoms with Crippen molar-refractivity contribution in [1.29, 1.82) is 0 Å². The first-order valence-corrected chi connectivity index (χ1v) is 5.90. The topological polar surface area (TPSA) is 55.1 Å². The molecular weight excluding hydrogens is 284 g/mol. The summed E-state index contributed by atoms with van der Waals surface area (Å²) in [4.78, 5) is 11.8. The molecule has 1 N–H and O–H groups in total. The number of carbonyl (C=O) groups is 1. The highest BCUT2D eigenvalue weighted by Crippen LogP contribution is 2.17. The number of hydrogen-bond donors (Lipinski definition) is 1. The van der Waals surface area contributed by atoms with Crippen LogP contribution in [0.4, 0.5) is 0 Å². The smallest absolute Gasteiger partial charge is 0.251 e. The van der Waals surface area contributed by atoms with E-state index in [1.807, 2.05) is 19.1 Å². The Kier molecular flexibility index (Phi) is 3.58. The summed E-state index contributed by atoms with van der Waals surface area (Å²) >= 11 is 3.39. The molecule has 0 spiro atoms. The van der Waals surface area contributed by atoms with Crippen molar-refractivity contribution in [1.82, 2.24) is 10.5 Å². The van der Waals surface area contributed by atoms with E-state index < -0.39 is 0 Å². The predicted octanol–water partition coefficient (Wildman–Crippen LogP) is 2.68. The minimum absolute atomic E-state index is 0.128. The largest absolute Gasteiger partial charge is 0.360 e.